The minimum Gasteiger partial charge on any atom is -0.353 e. The van der Waals surface area contributed by atoms with Gasteiger partial charge in [0.25, 0.3) is 5.56 Å². The molecule has 0 radical (unpaired) electrons. The number of fused-ring (bicyclic) bond motifs is 3. The molecule has 26 heavy (non-hydrogen) atoms. The predicted octanol–water partition coefficient (Wildman–Crippen LogP) is 1.48. The minimum atomic E-state index is -0.273. The maximum atomic E-state index is 12.7. The Hall–Kier alpha value is -2.67. The lowest BCUT2D eigenvalue weighted by molar-refractivity contribution is -0.122. The Balaban J connectivity index is 1.50. The van der Waals surface area contributed by atoms with Crippen molar-refractivity contribution in [1.82, 2.24) is 25.0 Å². The number of likely N-dealkylation sites (tertiary alicyclic amines) is 1. The smallest absolute Gasteiger partial charge is 0.291 e. The van der Waals surface area contributed by atoms with E-state index in [4.69, 9.17) is 0 Å². The second-order valence-corrected chi connectivity index (χ2v) is 6.80. The van der Waals surface area contributed by atoms with Crippen LogP contribution in [0, 0.1) is 0 Å². The fourth-order valence-corrected chi connectivity index (χ4v) is 3.85. The van der Waals surface area contributed by atoms with Gasteiger partial charge in [-0.25, -0.2) is 4.68 Å². The van der Waals surface area contributed by atoms with E-state index in [1.54, 1.807) is 6.20 Å². The number of hydrogen-bond acceptors (Lipinski definition) is 4. The number of aromatic amines is 1. The SMILES string of the molecule is CCN1CCC[C@@H]1CNC(=O)Cn1ncc2c([nH]c3ccccc32)c1=O. The molecule has 1 fully saturated rings. The van der Waals surface area contributed by atoms with Crippen molar-refractivity contribution in [2.75, 3.05) is 19.6 Å². The lowest BCUT2D eigenvalue weighted by atomic mass is 10.2. The second kappa shape index (κ2) is 6.92. The molecule has 7 nitrogen and oxygen atoms in total. The predicted molar refractivity (Wildman–Crippen MR) is 101 cm³/mol. The molecule has 4 rings (SSSR count). The Morgan fingerprint density at radius 1 is 1.35 bits per heavy atom. The first-order valence-electron chi connectivity index (χ1n) is 9.14. The van der Waals surface area contributed by atoms with Crippen molar-refractivity contribution in [3.8, 4) is 0 Å². The molecule has 1 aliphatic rings. The first-order chi connectivity index (χ1) is 12.7. The van der Waals surface area contributed by atoms with Crippen LogP contribution in [0.2, 0.25) is 0 Å². The molecule has 1 amide bonds. The summed E-state index contributed by atoms with van der Waals surface area (Å²) < 4.78 is 1.22. The first kappa shape index (κ1) is 16.8. The van der Waals surface area contributed by atoms with Gasteiger partial charge in [-0.1, -0.05) is 25.1 Å². The lowest BCUT2D eigenvalue weighted by Crippen LogP contribution is -2.42. The molecule has 3 heterocycles. The van der Waals surface area contributed by atoms with Gasteiger partial charge >= 0.3 is 0 Å². The fourth-order valence-electron chi connectivity index (χ4n) is 3.85. The number of nitrogens with zero attached hydrogens (tertiary/aromatic N) is 3. The number of para-hydroxylation sites is 1. The number of benzene rings is 1. The Kier molecular flexibility index (Phi) is 4.46. The molecule has 3 aromatic rings. The van der Waals surface area contributed by atoms with Crippen LogP contribution in [0.1, 0.15) is 19.8 Å². The highest BCUT2D eigenvalue weighted by atomic mass is 16.2. The van der Waals surface area contributed by atoms with Gasteiger partial charge in [-0.05, 0) is 32.0 Å². The van der Waals surface area contributed by atoms with E-state index in [9.17, 15) is 9.59 Å². The Bertz CT molecular complexity index is 1010. The average molecular weight is 353 g/mol. The number of H-pyrrole nitrogens is 1. The molecule has 7 heteroatoms. The van der Waals surface area contributed by atoms with Crippen LogP contribution in [-0.4, -0.2) is 51.2 Å². The highest BCUT2D eigenvalue weighted by Gasteiger charge is 2.23. The molecule has 0 saturated carbocycles. The number of amides is 1. The summed E-state index contributed by atoms with van der Waals surface area (Å²) in [6.07, 6.45) is 3.93. The van der Waals surface area contributed by atoms with Gasteiger partial charge in [0, 0.05) is 28.9 Å². The molecular formula is C19H23N5O2. The monoisotopic (exact) mass is 353 g/mol. The summed E-state index contributed by atoms with van der Waals surface area (Å²) in [5.74, 6) is -0.182. The fraction of sp³-hybridized carbons (Fsp3) is 0.421. The summed E-state index contributed by atoms with van der Waals surface area (Å²) in [7, 11) is 0. The summed E-state index contributed by atoms with van der Waals surface area (Å²) in [6, 6.07) is 8.11. The molecule has 0 aliphatic carbocycles. The molecule has 0 unspecified atom stereocenters. The quantitative estimate of drug-likeness (QED) is 0.728. The molecule has 1 aromatic carbocycles. The van der Waals surface area contributed by atoms with E-state index in [1.807, 2.05) is 24.3 Å². The summed E-state index contributed by atoms with van der Waals surface area (Å²) in [6.45, 7) is 4.78. The standard InChI is InChI=1S/C19H23N5O2/c1-2-23-9-5-6-13(23)10-20-17(25)12-24-19(26)18-15(11-21-24)14-7-3-4-8-16(14)22-18/h3-4,7-8,11,13,22H,2,5-6,9-10,12H2,1H3,(H,20,25)/t13-/m1/s1. The van der Waals surface area contributed by atoms with Crippen molar-refractivity contribution in [3.63, 3.8) is 0 Å². The minimum absolute atomic E-state index is 0.0665. The normalized spacial score (nSPS) is 18.0. The molecule has 1 atom stereocenters. The number of nitrogens with one attached hydrogen (secondary N) is 2. The number of carbonyl (C=O) groups is 1. The maximum Gasteiger partial charge on any atom is 0.291 e. The van der Waals surface area contributed by atoms with Crippen molar-refractivity contribution in [2.45, 2.75) is 32.4 Å². The van der Waals surface area contributed by atoms with E-state index in [2.05, 4.69) is 27.2 Å². The zero-order chi connectivity index (χ0) is 18.1. The van der Waals surface area contributed by atoms with Gasteiger partial charge in [0.05, 0.1) is 6.20 Å². The highest BCUT2D eigenvalue weighted by Crippen LogP contribution is 2.21. The van der Waals surface area contributed by atoms with Gasteiger partial charge < -0.3 is 10.3 Å². The molecule has 2 aromatic heterocycles. The van der Waals surface area contributed by atoms with Crippen molar-refractivity contribution in [2.24, 2.45) is 0 Å². The van der Waals surface area contributed by atoms with E-state index < -0.39 is 0 Å². The van der Waals surface area contributed by atoms with Crippen LogP contribution in [0.15, 0.2) is 35.3 Å². The third-order valence-electron chi connectivity index (χ3n) is 5.25. The number of likely N-dealkylation sites (N-methyl/N-ethyl adjacent to an activating group) is 1. The van der Waals surface area contributed by atoms with Gasteiger partial charge in [0.2, 0.25) is 5.91 Å². The summed E-state index contributed by atoms with van der Waals surface area (Å²) >= 11 is 0. The first-order valence-corrected chi connectivity index (χ1v) is 9.14. The Morgan fingerprint density at radius 2 is 2.19 bits per heavy atom. The van der Waals surface area contributed by atoms with Crippen molar-refractivity contribution < 1.29 is 4.79 Å². The van der Waals surface area contributed by atoms with E-state index in [0.29, 0.717) is 18.1 Å². The third kappa shape index (κ3) is 2.99. The molecule has 0 spiro atoms. The van der Waals surface area contributed by atoms with Gasteiger partial charge in [0.15, 0.2) is 0 Å². The summed E-state index contributed by atoms with van der Waals surface area (Å²) in [5.41, 5.74) is 1.11. The van der Waals surface area contributed by atoms with E-state index >= 15 is 0 Å². The summed E-state index contributed by atoms with van der Waals surface area (Å²) in [4.78, 5) is 30.5. The number of hydrogen-bond donors (Lipinski definition) is 2. The average Bonchev–Trinajstić information content (AvgIpc) is 3.26. The van der Waals surface area contributed by atoms with Crippen molar-refractivity contribution >= 4 is 27.7 Å². The lowest BCUT2D eigenvalue weighted by Gasteiger charge is -2.22. The van der Waals surface area contributed by atoms with Gasteiger partial charge in [0.1, 0.15) is 12.1 Å². The molecule has 2 N–H and O–H groups in total. The number of carbonyl (C=O) groups excluding carboxylic acids is 1. The molecule has 1 aliphatic heterocycles. The summed E-state index contributed by atoms with van der Waals surface area (Å²) in [5, 5.41) is 8.89. The van der Waals surface area contributed by atoms with Crippen LogP contribution in [0.25, 0.3) is 21.8 Å². The number of aromatic nitrogens is 3. The van der Waals surface area contributed by atoms with Crippen LogP contribution in [-0.2, 0) is 11.3 Å². The largest absolute Gasteiger partial charge is 0.353 e. The topological polar surface area (TPSA) is 83.0 Å². The third-order valence-corrected chi connectivity index (χ3v) is 5.25. The van der Waals surface area contributed by atoms with Crippen LogP contribution < -0.4 is 10.9 Å². The van der Waals surface area contributed by atoms with E-state index in [1.165, 1.54) is 11.1 Å². The Labute approximate surface area is 151 Å². The second-order valence-electron chi connectivity index (χ2n) is 6.80. The van der Waals surface area contributed by atoms with Crippen LogP contribution in [0.4, 0.5) is 0 Å². The van der Waals surface area contributed by atoms with Gasteiger partial charge in [-0.2, -0.15) is 5.10 Å². The van der Waals surface area contributed by atoms with Crippen LogP contribution >= 0.6 is 0 Å². The van der Waals surface area contributed by atoms with E-state index in [-0.39, 0.29) is 18.0 Å². The van der Waals surface area contributed by atoms with Crippen LogP contribution in [0.5, 0.6) is 0 Å². The zero-order valence-corrected chi connectivity index (χ0v) is 14.9. The zero-order valence-electron chi connectivity index (χ0n) is 14.9. The van der Waals surface area contributed by atoms with Crippen molar-refractivity contribution in [3.05, 3.63) is 40.8 Å². The Morgan fingerprint density at radius 3 is 3.04 bits per heavy atom. The van der Waals surface area contributed by atoms with Gasteiger partial charge in [-0.3, -0.25) is 14.5 Å². The van der Waals surface area contributed by atoms with Crippen molar-refractivity contribution in [1.29, 1.82) is 0 Å². The molecule has 1 saturated heterocycles. The molecule has 136 valence electrons. The number of rotatable bonds is 5. The molecule has 0 bridgehead atoms. The van der Waals surface area contributed by atoms with E-state index in [0.717, 1.165) is 35.8 Å². The molecular weight excluding hydrogens is 330 g/mol. The highest BCUT2D eigenvalue weighted by molar-refractivity contribution is 6.06. The van der Waals surface area contributed by atoms with Gasteiger partial charge in [-0.15, -0.1) is 0 Å². The van der Waals surface area contributed by atoms with Crippen LogP contribution in [0.3, 0.4) is 0 Å². The maximum absolute atomic E-state index is 12.7.